The van der Waals surface area contributed by atoms with Crippen molar-refractivity contribution in [2.45, 2.75) is 0 Å². The van der Waals surface area contributed by atoms with E-state index in [-0.39, 0.29) is 11.8 Å². The van der Waals surface area contributed by atoms with Crippen LogP contribution in [0.5, 0.6) is 0 Å². The average molecular weight is 272 g/mol. The molecule has 1 N–H and O–H groups in total. The van der Waals surface area contributed by atoms with Gasteiger partial charge >= 0.3 is 0 Å². The number of anilines is 1. The van der Waals surface area contributed by atoms with Crippen LogP contribution in [0.4, 0.5) is 5.69 Å². The van der Waals surface area contributed by atoms with Crippen molar-refractivity contribution in [2.24, 2.45) is 0 Å². The van der Waals surface area contributed by atoms with Crippen LogP contribution in [0, 0.1) is 0 Å². The summed E-state index contributed by atoms with van der Waals surface area (Å²) in [6.07, 6.45) is 1.42. The maximum Gasteiger partial charge on any atom is 0.239 e. The Morgan fingerprint density at radius 1 is 1.47 bits per heavy atom. The Morgan fingerprint density at radius 2 is 2.29 bits per heavy atom. The summed E-state index contributed by atoms with van der Waals surface area (Å²) in [6, 6.07) is 4.97. The van der Waals surface area contributed by atoms with Crippen molar-refractivity contribution in [1.29, 1.82) is 0 Å². The van der Waals surface area contributed by atoms with E-state index in [1.165, 1.54) is 11.0 Å². The lowest BCUT2D eigenvalue weighted by molar-refractivity contribution is -0.113. The Morgan fingerprint density at radius 3 is 2.94 bits per heavy atom. The first-order valence-electron chi connectivity index (χ1n) is 4.59. The molecule has 0 saturated carbocycles. The summed E-state index contributed by atoms with van der Waals surface area (Å²) in [5.41, 5.74) is 1.10. The van der Waals surface area contributed by atoms with Gasteiger partial charge in [0.25, 0.3) is 0 Å². The summed E-state index contributed by atoms with van der Waals surface area (Å²) in [5.74, 6) is -0.468. The molecule has 17 heavy (non-hydrogen) atoms. The van der Waals surface area contributed by atoms with Gasteiger partial charge in [0.2, 0.25) is 5.91 Å². The number of rotatable bonds is 3. The van der Waals surface area contributed by atoms with Crippen LogP contribution in [-0.4, -0.2) is 32.0 Å². The zero-order chi connectivity index (χ0) is 12.3. The van der Waals surface area contributed by atoms with Gasteiger partial charge in [-0.3, -0.25) is 4.79 Å². The number of aromatic nitrogens is 4. The number of alkyl halides is 1. The molecule has 2 rings (SSSR count). The Bertz CT molecular complexity index is 528. The summed E-state index contributed by atoms with van der Waals surface area (Å²) in [4.78, 5) is 11.3. The molecule has 0 bridgehead atoms. The average Bonchev–Trinajstić information content (AvgIpc) is 2.82. The molecule has 0 aliphatic rings. The quantitative estimate of drug-likeness (QED) is 0.859. The van der Waals surface area contributed by atoms with Crippen LogP contribution in [-0.2, 0) is 4.79 Å². The molecule has 0 aliphatic heterocycles. The van der Waals surface area contributed by atoms with Gasteiger partial charge in [0.05, 0.1) is 11.4 Å². The maximum atomic E-state index is 11.3. The zero-order valence-electron chi connectivity index (χ0n) is 8.47. The van der Waals surface area contributed by atoms with E-state index >= 15 is 0 Å². The molecule has 0 fully saturated rings. The fourth-order valence-electron chi connectivity index (χ4n) is 1.26. The molecule has 6 nitrogen and oxygen atoms in total. The number of halogens is 2. The molecule has 1 aromatic heterocycles. The zero-order valence-corrected chi connectivity index (χ0v) is 9.98. The van der Waals surface area contributed by atoms with Crippen LogP contribution in [0.1, 0.15) is 0 Å². The van der Waals surface area contributed by atoms with E-state index in [4.69, 9.17) is 23.2 Å². The highest BCUT2D eigenvalue weighted by Crippen LogP contribution is 2.23. The first-order chi connectivity index (χ1) is 8.20. The minimum atomic E-state index is -0.330. The van der Waals surface area contributed by atoms with Gasteiger partial charge in [0, 0.05) is 5.02 Å². The molecule has 8 heteroatoms. The van der Waals surface area contributed by atoms with Crippen molar-refractivity contribution in [2.75, 3.05) is 11.2 Å². The van der Waals surface area contributed by atoms with E-state index in [2.05, 4.69) is 20.8 Å². The van der Waals surface area contributed by atoms with Crippen molar-refractivity contribution < 1.29 is 4.79 Å². The van der Waals surface area contributed by atoms with Gasteiger partial charge in [-0.1, -0.05) is 11.6 Å². The number of nitrogens with zero attached hydrogens (tertiary/aromatic N) is 4. The van der Waals surface area contributed by atoms with E-state index in [0.717, 1.165) is 0 Å². The number of carbonyl (C=O) groups excluding carboxylic acids is 1. The molecule has 0 radical (unpaired) electrons. The summed E-state index contributed by atoms with van der Waals surface area (Å²) < 4.78 is 1.42. The maximum absolute atomic E-state index is 11.3. The Kier molecular flexibility index (Phi) is 3.55. The fraction of sp³-hybridized carbons (Fsp3) is 0.111. The SMILES string of the molecule is O=C(CCl)Nc1cc(Cl)ccc1-n1cnnn1. The van der Waals surface area contributed by atoms with Gasteiger partial charge in [0.1, 0.15) is 12.2 Å². The Hall–Kier alpha value is -1.66. The second-order valence-corrected chi connectivity index (χ2v) is 3.80. The van der Waals surface area contributed by atoms with Crippen LogP contribution < -0.4 is 5.32 Å². The molecule has 1 aromatic carbocycles. The molecule has 0 atom stereocenters. The highest BCUT2D eigenvalue weighted by molar-refractivity contribution is 6.31. The summed E-state index contributed by atoms with van der Waals surface area (Å²) in [5, 5.41) is 13.9. The molecule has 1 heterocycles. The van der Waals surface area contributed by atoms with Gasteiger partial charge in [-0.25, -0.2) is 0 Å². The molecule has 0 saturated heterocycles. The lowest BCUT2D eigenvalue weighted by Crippen LogP contribution is -2.14. The summed E-state index contributed by atoms with van der Waals surface area (Å²) in [6.45, 7) is 0. The second kappa shape index (κ2) is 5.11. The van der Waals surface area contributed by atoms with Crippen LogP contribution in [0.3, 0.4) is 0 Å². The molecular formula is C9H7Cl2N5O. The number of hydrogen-bond acceptors (Lipinski definition) is 4. The van der Waals surface area contributed by atoms with Gasteiger partial charge in [-0.05, 0) is 28.6 Å². The van der Waals surface area contributed by atoms with Crippen molar-refractivity contribution in [3.63, 3.8) is 0 Å². The van der Waals surface area contributed by atoms with Crippen molar-refractivity contribution in [3.05, 3.63) is 29.5 Å². The third-order valence-electron chi connectivity index (χ3n) is 1.95. The number of carbonyl (C=O) groups is 1. The molecule has 1 amide bonds. The van der Waals surface area contributed by atoms with Crippen LogP contribution in [0.2, 0.25) is 5.02 Å². The largest absolute Gasteiger partial charge is 0.323 e. The predicted octanol–water partition coefficient (Wildman–Crippen LogP) is 1.49. The third kappa shape index (κ3) is 2.72. The van der Waals surface area contributed by atoms with Crippen molar-refractivity contribution >= 4 is 34.8 Å². The summed E-state index contributed by atoms with van der Waals surface area (Å²) in [7, 11) is 0. The highest BCUT2D eigenvalue weighted by Gasteiger charge is 2.09. The molecule has 0 unspecified atom stereocenters. The number of tetrazole rings is 1. The predicted molar refractivity (Wildman–Crippen MR) is 63.5 cm³/mol. The molecular weight excluding hydrogens is 265 g/mol. The van der Waals surface area contributed by atoms with E-state index in [1.54, 1.807) is 18.2 Å². The minimum Gasteiger partial charge on any atom is -0.323 e. The first-order valence-corrected chi connectivity index (χ1v) is 5.50. The van der Waals surface area contributed by atoms with Crippen molar-refractivity contribution in [1.82, 2.24) is 20.2 Å². The molecule has 0 spiro atoms. The highest BCUT2D eigenvalue weighted by atomic mass is 35.5. The molecule has 88 valence electrons. The monoisotopic (exact) mass is 271 g/mol. The van der Waals surface area contributed by atoms with E-state index < -0.39 is 0 Å². The van der Waals surface area contributed by atoms with Crippen LogP contribution in [0.25, 0.3) is 5.69 Å². The van der Waals surface area contributed by atoms with Gasteiger partial charge in [0.15, 0.2) is 0 Å². The Labute approximate surface area is 107 Å². The molecule has 2 aromatic rings. The van der Waals surface area contributed by atoms with Gasteiger partial charge in [-0.2, -0.15) is 4.68 Å². The lowest BCUT2D eigenvalue weighted by Gasteiger charge is -2.09. The van der Waals surface area contributed by atoms with Crippen molar-refractivity contribution in [3.8, 4) is 5.69 Å². The van der Waals surface area contributed by atoms with E-state index in [1.807, 2.05) is 0 Å². The minimum absolute atomic E-state index is 0.137. The van der Waals surface area contributed by atoms with Gasteiger partial charge < -0.3 is 5.32 Å². The molecule has 0 aliphatic carbocycles. The van der Waals surface area contributed by atoms with Crippen LogP contribution >= 0.6 is 23.2 Å². The Balaban J connectivity index is 2.41. The van der Waals surface area contributed by atoms with Crippen LogP contribution in [0.15, 0.2) is 24.5 Å². The number of hydrogen-bond donors (Lipinski definition) is 1. The normalized spacial score (nSPS) is 10.2. The van der Waals surface area contributed by atoms with E-state index in [0.29, 0.717) is 16.4 Å². The number of amides is 1. The second-order valence-electron chi connectivity index (χ2n) is 3.10. The first kappa shape index (κ1) is 11.8. The number of benzene rings is 1. The lowest BCUT2D eigenvalue weighted by atomic mass is 10.2. The third-order valence-corrected chi connectivity index (χ3v) is 2.43. The standard InChI is InChI=1S/C9H7Cl2N5O/c10-4-9(17)13-7-3-6(11)1-2-8(7)16-5-12-14-15-16/h1-3,5H,4H2,(H,13,17). The summed E-state index contributed by atoms with van der Waals surface area (Å²) >= 11 is 11.3. The smallest absolute Gasteiger partial charge is 0.239 e. The van der Waals surface area contributed by atoms with Gasteiger partial charge in [-0.15, -0.1) is 16.7 Å². The van der Waals surface area contributed by atoms with E-state index in [9.17, 15) is 4.79 Å². The fourth-order valence-corrected chi connectivity index (χ4v) is 1.50. The topological polar surface area (TPSA) is 72.7 Å². The number of nitrogens with one attached hydrogen (secondary N) is 1.